The van der Waals surface area contributed by atoms with E-state index >= 15 is 0 Å². The summed E-state index contributed by atoms with van der Waals surface area (Å²) in [5, 5.41) is 3.22. The van der Waals surface area contributed by atoms with Crippen LogP contribution in [0.15, 0.2) is 42.5 Å². The maximum absolute atomic E-state index is 12.0. The predicted octanol–water partition coefficient (Wildman–Crippen LogP) is 3.91. The Hall–Kier alpha value is -2.53. The molecule has 25 heavy (non-hydrogen) atoms. The smallest absolute Gasteiger partial charge is 0.344 e. The van der Waals surface area contributed by atoms with E-state index in [0.29, 0.717) is 16.5 Å². The number of carbonyl (C=O) groups excluding carboxylic acids is 2. The van der Waals surface area contributed by atoms with Crippen LogP contribution in [0, 0.1) is 13.8 Å². The quantitative estimate of drug-likeness (QED) is 0.792. The summed E-state index contributed by atoms with van der Waals surface area (Å²) < 4.78 is 10.5. The van der Waals surface area contributed by atoms with E-state index in [-0.39, 0.29) is 6.61 Å². The molecule has 0 aromatic heterocycles. The van der Waals surface area contributed by atoms with Gasteiger partial charge in [0.2, 0.25) is 0 Å². The van der Waals surface area contributed by atoms with E-state index in [2.05, 4.69) is 5.32 Å². The number of hydrogen-bond donors (Lipinski definition) is 1. The first-order valence-electron chi connectivity index (χ1n) is 7.80. The molecular weight excluding hydrogens is 342 g/mol. The van der Waals surface area contributed by atoms with Gasteiger partial charge < -0.3 is 14.8 Å². The summed E-state index contributed by atoms with van der Waals surface area (Å²) in [7, 11) is 0. The SMILES string of the molecule is Cc1cc(C)cc(OCC(=O)O[C@H](C)C(=O)Nc2ccc(Cl)cc2)c1. The van der Waals surface area contributed by atoms with Gasteiger partial charge in [0.25, 0.3) is 5.91 Å². The average molecular weight is 362 g/mol. The highest BCUT2D eigenvalue weighted by Gasteiger charge is 2.18. The topological polar surface area (TPSA) is 64.6 Å². The van der Waals surface area contributed by atoms with Gasteiger partial charge in [0.15, 0.2) is 12.7 Å². The molecule has 1 atom stereocenters. The van der Waals surface area contributed by atoms with Gasteiger partial charge in [0.1, 0.15) is 5.75 Å². The summed E-state index contributed by atoms with van der Waals surface area (Å²) in [6, 6.07) is 12.3. The summed E-state index contributed by atoms with van der Waals surface area (Å²) in [6.45, 7) is 5.13. The Labute approximate surface area is 151 Å². The molecule has 2 rings (SSSR count). The molecule has 5 nitrogen and oxygen atoms in total. The van der Waals surface area contributed by atoms with E-state index in [1.807, 2.05) is 32.0 Å². The molecule has 0 saturated carbocycles. The van der Waals surface area contributed by atoms with E-state index in [0.717, 1.165) is 11.1 Å². The third kappa shape index (κ3) is 6.12. The maximum atomic E-state index is 12.0. The number of aryl methyl sites for hydroxylation is 2. The normalized spacial score (nSPS) is 11.5. The fraction of sp³-hybridized carbons (Fsp3) is 0.263. The van der Waals surface area contributed by atoms with Gasteiger partial charge in [-0.3, -0.25) is 4.79 Å². The predicted molar refractivity (Wildman–Crippen MR) is 97.0 cm³/mol. The lowest BCUT2D eigenvalue weighted by atomic mass is 10.1. The fourth-order valence-electron chi connectivity index (χ4n) is 2.22. The van der Waals surface area contributed by atoms with Gasteiger partial charge in [0, 0.05) is 10.7 Å². The van der Waals surface area contributed by atoms with Gasteiger partial charge in [-0.25, -0.2) is 4.79 Å². The first kappa shape index (κ1) is 18.8. The van der Waals surface area contributed by atoms with Crippen molar-refractivity contribution in [2.24, 2.45) is 0 Å². The van der Waals surface area contributed by atoms with Gasteiger partial charge in [-0.1, -0.05) is 17.7 Å². The number of hydrogen-bond acceptors (Lipinski definition) is 4. The molecular formula is C19H20ClNO4. The number of ether oxygens (including phenoxy) is 2. The van der Waals surface area contributed by atoms with E-state index < -0.39 is 18.0 Å². The first-order valence-corrected chi connectivity index (χ1v) is 8.18. The van der Waals surface area contributed by atoms with Gasteiger partial charge >= 0.3 is 5.97 Å². The molecule has 6 heteroatoms. The van der Waals surface area contributed by atoms with E-state index in [9.17, 15) is 9.59 Å². The molecule has 0 radical (unpaired) electrons. The minimum absolute atomic E-state index is 0.262. The largest absolute Gasteiger partial charge is 0.482 e. The molecule has 0 spiro atoms. The van der Waals surface area contributed by atoms with Crippen molar-refractivity contribution in [2.75, 3.05) is 11.9 Å². The van der Waals surface area contributed by atoms with Crippen LogP contribution in [0.4, 0.5) is 5.69 Å². The Morgan fingerprint density at radius 1 is 1.08 bits per heavy atom. The average Bonchev–Trinajstić information content (AvgIpc) is 2.54. The van der Waals surface area contributed by atoms with Crippen LogP contribution >= 0.6 is 11.6 Å². The van der Waals surface area contributed by atoms with Crippen molar-refractivity contribution in [3.63, 3.8) is 0 Å². The summed E-state index contributed by atoms with van der Waals surface area (Å²) in [6.07, 6.45) is -0.939. The van der Waals surface area contributed by atoms with Crippen LogP contribution in [0.5, 0.6) is 5.75 Å². The second-order valence-corrected chi connectivity index (χ2v) is 6.18. The molecule has 132 valence electrons. The van der Waals surface area contributed by atoms with Gasteiger partial charge in [-0.15, -0.1) is 0 Å². The number of nitrogens with one attached hydrogen (secondary N) is 1. The Morgan fingerprint density at radius 3 is 2.28 bits per heavy atom. The highest BCUT2D eigenvalue weighted by atomic mass is 35.5. The summed E-state index contributed by atoms with van der Waals surface area (Å²) >= 11 is 5.79. The molecule has 2 aromatic rings. The molecule has 1 amide bonds. The Balaban J connectivity index is 1.82. The summed E-state index contributed by atoms with van der Waals surface area (Å²) in [5.41, 5.74) is 2.65. The third-order valence-corrected chi connectivity index (χ3v) is 3.59. The summed E-state index contributed by atoms with van der Waals surface area (Å²) in [5.74, 6) is -0.451. The molecule has 0 bridgehead atoms. The monoisotopic (exact) mass is 361 g/mol. The first-order chi connectivity index (χ1) is 11.8. The van der Waals surface area contributed by atoms with E-state index in [4.69, 9.17) is 21.1 Å². The van der Waals surface area contributed by atoms with Crippen LogP contribution in [0.2, 0.25) is 5.02 Å². The minimum atomic E-state index is -0.939. The second kappa shape index (κ2) is 8.53. The van der Waals surface area contributed by atoms with Crippen molar-refractivity contribution >= 4 is 29.2 Å². The summed E-state index contributed by atoms with van der Waals surface area (Å²) in [4.78, 5) is 23.9. The molecule has 2 aromatic carbocycles. The Bertz CT molecular complexity index is 738. The van der Waals surface area contributed by atoms with Crippen molar-refractivity contribution in [2.45, 2.75) is 26.9 Å². The number of rotatable bonds is 6. The second-order valence-electron chi connectivity index (χ2n) is 5.74. The van der Waals surface area contributed by atoms with Gasteiger partial charge in [-0.2, -0.15) is 0 Å². The molecule has 0 aliphatic carbocycles. The van der Waals surface area contributed by atoms with Crippen LogP contribution in [0.3, 0.4) is 0 Å². The zero-order valence-electron chi connectivity index (χ0n) is 14.3. The lowest BCUT2D eigenvalue weighted by Gasteiger charge is -2.14. The van der Waals surface area contributed by atoms with Crippen LogP contribution < -0.4 is 10.1 Å². The van der Waals surface area contributed by atoms with Crippen LogP contribution in [-0.2, 0) is 14.3 Å². The van der Waals surface area contributed by atoms with Crippen molar-refractivity contribution in [1.29, 1.82) is 0 Å². The Kier molecular flexibility index (Phi) is 6.42. The van der Waals surface area contributed by atoms with Crippen molar-refractivity contribution in [1.82, 2.24) is 0 Å². The number of benzene rings is 2. The van der Waals surface area contributed by atoms with Crippen molar-refractivity contribution in [3.8, 4) is 5.75 Å². The number of amides is 1. The number of esters is 1. The van der Waals surface area contributed by atoms with Crippen molar-refractivity contribution in [3.05, 3.63) is 58.6 Å². The standard InChI is InChI=1S/C19H20ClNO4/c1-12-8-13(2)10-17(9-12)24-11-18(22)25-14(3)19(23)21-16-6-4-15(20)5-7-16/h4-10,14H,11H2,1-3H3,(H,21,23)/t14-/m1/s1. The molecule has 0 aliphatic rings. The number of carbonyl (C=O) groups is 2. The van der Waals surface area contributed by atoms with Crippen LogP contribution in [-0.4, -0.2) is 24.6 Å². The van der Waals surface area contributed by atoms with E-state index in [1.54, 1.807) is 24.3 Å². The highest BCUT2D eigenvalue weighted by molar-refractivity contribution is 6.30. The number of halogens is 1. The molecule has 0 fully saturated rings. The number of anilines is 1. The molecule has 0 aliphatic heterocycles. The lowest BCUT2D eigenvalue weighted by Crippen LogP contribution is -2.31. The van der Waals surface area contributed by atoms with E-state index in [1.165, 1.54) is 6.92 Å². The molecule has 0 heterocycles. The Morgan fingerprint density at radius 2 is 1.68 bits per heavy atom. The zero-order valence-corrected chi connectivity index (χ0v) is 15.1. The van der Waals surface area contributed by atoms with Gasteiger partial charge in [-0.05, 0) is 68.3 Å². The van der Waals surface area contributed by atoms with Crippen LogP contribution in [0.25, 0.3) is 0 Å². The molecule has 0 unspecified atom stereocenters. The highest BCUT2D eigenvalue weighted by Crippen LogP contribution is 2.16. The maximum Gasteiger partial charge on any atom is 0.344 e. The van der Waals surface area contributed by atoms with Crippen molar-refractivity contribution < 1.29 is 19.1 Å². The van der Waals surface area contributed by atoms with Crippen LogP contribution in [0.1, 0.15) is 18.1 Å². The molecule has 1 N–H and O–H groups in total. The van der Waals surface area contributed by atoms with Gasteiger partial charge in [0.05, 0.1) is 0 Å². The third-order valence-electron chi connectivity index (χ3n) is 3.34. The minimum Gasteiger partial charge on any atom is -0.482 e. The molecule has 0 saturated heterocycles. The fourth-order valence-corrected chi connectivity index (χ4v) is 2.35. The zero-order chi connectivity index (χ0) is 18.4. The lowest BCUT2D eigenvalue weighted by molar-refractivity contribution is -0.155.